The maximum Gasteiger partial charge on any atom is 0.472 e. The minimum absolute atomic E-state index is 0.0725. The Hall–Kier alpha value is -3.76. The summed E-state index contributed by atoms with van der Waals surface area (Å²) in [7, 11) is -9.95. The quantitative estimate of drug-likeness (QED) is 0.0169. The second kappa shape index (κ2) is 73.5. The van der Waals surface area contributed by atoms with Gasteiger partial charge in [-0.25, -0.2) is 9.13 Å². The van der Waals surface area contributed by atoms with Gasteiger partial charge in [-0.2, -0.15) is 0 Å². The van der Waals surface area contributed by atoms with Crippen LogP contribution in [0.4, 0.5) is 0 Å². The van der Waals surface area contributed by atoms with Crippen LogP contribution >= 0.6 is 15.6 Å². The van der Waals surface area contributed by atoms with E-state index in [0.29, 0.717) is 25.7 Å². The molecule has 19 heteroatoms. The molecular weight excluding hydrogens is 1310 g/mol. The fourth-order valence-electron chi connectivity index (χ4n) is 10.8. The largest absolute Gasteiger partial charge is 0.472 e. The summed E-state index contributed by atoms with van der Waals surface area (Å²) in [6, 6.07) is 0. The van der Waals surface area contributed by atoms with E-state index < -0.39 is 97.5 Å². The van der Waals surface area contributed by atoms with Crippen molar-refractivity contribution in [3.05, 3.63) is 85.1 Å². The SMILES string of the molecule is CC/C=C\C/C=C\C/C=C\C/C=C\C/C=C\CCCCCC(=O)OCC(COP(=O)(O)OCC(O)COP(=O)(O)OCC(COC(=O)CCCCCCCCCCCCCCCCC)OC(=O)CCCCCCCCCCCCC)OC(=O)CCCCCCC/C=C\C/C=C\CCCCC. The summed E-state index contributed by atoms with van der Waals surface area (Å²) in [5.41, 5.74) is 0. The van der Waals surface area contributed by atoms with Crippen LogP contribution in [0.1, 0.15) is 349 Å². The lowest BCUT2D eigenvalue weighted by molar-refractivity contribution is -0.161. The van der Waals surface area contributed by atoms with Crippen molar-refractivity contribution in [2.24, 2.45) is 0 Å². The van der Waals surface area contributed by atoms with Crippen LogP contribution in [0.2, 0.25) is 0 Å². The number of carbonyl (C=O) groups excluding carboxylic acids is 4. The van der Waals surface area contributed by atoms with Crippen LogP contribution in [0.3, 0.4) is 0 Å². The number of ether oxygens (including phenoxy) is 4. The van der Waals surface area contributed by atoms with E-state index in [1.807, 2.05) is 0 Å². The molecule has 0 amide bonds. The van der Waals surface area contributed by atoms with E-state index in [0.717, 1.165) is 141 Å². The van der Waals surface area contributed by atoms with Crippen molar-refractivity contribution in [3.8, 4) is 0 Å². The van der Waals surface area contributed by atoms with E-state index in [4.69, 9.17) is 37.0 Å². The lowest BCUT2D eigenvalue weighted by atomic mass is 10.0. The van der Waals surface area contributed by atoms with E-state index in [2.05, 4.69) is 113 Å². The van der Waals surface area contributed by atoms with E-state index in [1.165, 1.54) is 128 Å². The van der Waals surface area contributed by atoms with Crippen LogP contribution in [0.5, 0.6) is 0 Å². The zero-order valence-corrected chi connectivity index (χ0v) is 65.2. The number of aliphatic hydroxyl groups is 1. The van der Waals surface area contributed by atoms with Gasteiger partial charge in [-0.3, -0.25) is 37.3 Å². The van der Waals surface area contributed by atoms with E-state index >= 15 is 0 Å². The fourth-order valence-corrected chi connectivity index (χ4v) is 12.4. The summed E-state index contributed by atoms with van der Waals surface area (Å²) in [5, 5.41) is 10.6. The van der Waals surface area contributed by atoms with Gasteiger partial charge < -0.3 is 33.8 Å². The van der Waals surface area contributed by atoms with Crippen LogP contribution < -0.4 is 0 Å². The lowest BCUT2D eigenvalue weighted by Gasteiger charge is -2.21. The van der Waals surface area contributed by atoms with Gasteiger partial charge in [-0.05, 0) is 103 Å². The molecule has 0 saturated heterocycles. The minimum atomic E-state index is -4.98. The molecule has 0 heterocycles. The van der Waals surface area contributed by atoms with Crippen molar-refractivity contribution in [1.29, 1.82) is 0 Å². The molecule has 100 heavy (non-hydrogen) atoms. The Morgan fingerprint density at radius 2 is 0.520 bits per heavy atom. The third kappa shape index (κ3) is 72.6. The molecule has 0 aromatic rings. The maximum atomic E-state index is 13.1. The molecule has 5 atom stereocenters. The van der Waals surface area contributed by atoms with Crippen molar-refractivity contribution in [2.45, 2.75) is 367 Å². The zero-order valence-electron chi connectivity index (χ0n) is 63.4. The minimum Gasteiger partial charge on any atom is -0.462 e. The van der Waals surface area contributed by atoms with Crippen molar-refractivity contribution in [3.63, 3.8) is 0 Å². The van der Waals surface area contributed by atoms with Crippen LogP contribution in [0, 0.1) is 0 Å². The highest BCUT2D eigenvalue weighted by atomic mass is 31.2. The maximum absolute atomic E-state index is 13.1. The molecule has 0 bridgehead atoms. The van der Waals surface area contributed by atoms with Crippen LogP contribution in [-0.4, -0.2) is 96.7 Å². The average molecular weight is 1450 g/mol. The molecule has 580 valence electrons. The number of carbonyl (C=O) groups is 4. The number of hydrogen-bond donors (Lipinski definition) is 3. The molecule has 0 rings (SSSR count). The second-order valence-corrected chi connectivity index (χ2v) is 29.5. The Balaban J connectivity index is 5.34. The standard InChI is InChI=1S/C81H144O17P2/c1-5-9-13-17-21-25-29-32-35-36-37-38-41-43-47-50-54-58-62-66-79(84)92-72-77(98-81(86)68-64-60-56-52-48-44-40-34-31-27-23-19-15-11-7-3)74-96-100(89,90)94-70-75(82)69-93-99(87,88)95-73-76(97-80(85)67-63-59-55-51-45-28-24-20-16-12-8-4)71-91-78(83)65-61-57-53-49-46-42-39-33-30-26-22-18-14-10-6-2/h9,13,21,23,25,27,32,34-35,37-38,40,43,47,75-77,82H,5-8,10-12,14-20,22,24,26,28-31,33,36,39,41-42,44-46,48-74H2,1-4H3,(H,87,88)(H,89,90)/b13-9-,25-21-,27-23-,35-32-,38-37-,40-34-,47-43-. The van der Waals surface area contributed by atoms with Gasteiger partial charge in [0.2, 0.25) is 0 Å². The van der Waals surface area contributed by atoms with Gasteiger partial charge in [-0.1, -0.05) is 305 Å². The fraction of sp³-hybridized carbons (Fsp3) is 0.778. The number of aliphatic hydroxyl groups excluding tert-OH is 1. The molecule has 0 aliphatic carbocycles. The number of hydrogen-bond acceptors (Lipinski definition) is 15. The number of rotatable bonds is 75. The molecule has 0 aromatic heterocycles. The third-order valence-electron chi connectivity index (χ3n) is 16.9. The molecule has 0 fully saturated rings. The first kappa shape index (κ1) is 96.2. The Labute approximate surface area is 608 Å². The predicted molar refractivity (Wildman–Crippen MR) is 409 cm³/mol. The highest BCUT2D eigenvalue weighted by molar-refractivity contribution is 7.47. The smallest absolute Gasteiger partial charge is 0.462 e. The lowest BCUT2D eigenvalue weighted by Crippen LogP contribution is -2.30. The highest BCUT2D eigenvalue weighted by Gasteiger charge is 2.30. The van der Waals surface area contributed by atoms with Crippen molar-refractivity contribution in [1.82, 2.24) is 0 Å². The molecular formula is C81H144O17P2. The normalized spacial score (nSPS) is 14.3. The van der Waals surface area contributed by atoms with E-state index in [9.17, 15) is 43.2 Å². The summed E-state index contributed by atoms with van der Waals surface area (Å²) in [6.45, 7) is 4.73. The van der Waals surface area contributed by atoms with Crippen molar-refractivity contribution < 1.29 is 80.2 Å². The third-order valence-corrected chi connectivity index (χ3v) is 18.8. The van der Waals surface area contributed by atoms with Gasteiger partial charge in [0, 0.05) is 25.7 Å². The first-order valence-corrected chi connectivity index (χ1v) is 42.8. The molecule has 3 N–H and O–H groups in total. The number of esters is 4. The van der Waals surface area contributed by atoms with E-state index in [-0.39, 0.29) is 25.7 Å². The molecule has 0 saturated carbocycles. The summed E-state index contributed by atoms with van der Waals surface area (Å²) in [5.74, 6) is -2.20. The number of allylic oxidation sites excluding steroid dienone is 14. The molecule has 5 unspecified atom stereocenters. The van der Waals surface area contributed by atoms with Crippen LogP contribution in [-0.2, 0) is 65.4 Å². The molecule has 0 aromatic carbocycles. The monoisotopic (exact) mass is 1450 g/mol. The van der Waals surface area contributed by atoms with Gasteiger partial charge in [0.1, 0.15) is 19.3 Å². The summed E-state index contributed by atoms with van der Waals surface area (Å²) >= 11 is 0. The van der Waals surface area contributed by atoms with Crippen LogP contribution in [0.25, 0.3) is 0 Å². The summed E-state index contributed by atoms with van der Waals surface area (Å²) in [6.07, 6.45) is 75.6. The van der Waals surface area contributed by atoms with Gasteiger partial charge in [0.15, 0.2) is 12.2 Å². The van der Waals surface area contributed by atoms with Crippen molar-refractivity contribution in [2.75, 3.05) is 39.6 Å². The Morgan fingerprint density at radius 3 is 0.830 bits per heavy atom. The van der Waals surface area contributed by atoms with Crippen LogP contribution in [0.15, 0.2) is 85.1 Å². The molecule has 0 spiro atoms. The number of phosphoric acid groups is 2. The molecule has 0 aliphatic rings. The van der Waals surface area contributed by atoms with Crippen molar-refractivity contribution >= 4 is 39.5 Å². The Kier molecular flexibility index (Phi) is 70.8. The average Bonchev–Trinajstić information content (AvgIpc) is 0.985. The van der Waals surface area contributed by atoms with Gasteiger partial charge >= 0.3 is 39.5 Å². The van der Waals surface area contributed by atoms with Gasteiger partial charge in [0.25, 0.3) is 0 Å². The molecule has 0 radical (unpaired) electrons. The first-order chi connectivity index (χ1) is 48.7. The number of unbranched alkanes of at least 4 members (excludes halogenated alkanes) is 35. The van der Waals surface area contributed by atoms with E-state index in [1.54, 1.807) is 0 Å². The van der Waals surface area contributed by atoms with Gasteiger partial charge in [0.05, 0.1) is 26.4 Å². The zero-order chi connectivity index (χ0) is 73.2. The number of phosphoric ester groups is 2. The first-order valence-electron chi connectivity index (χ1n) is 39.8. The Bertz CT molecular complexity index is 2230. The molecule has 0 aliphatic heterocycles. The highest BCUT2D eigenvalue weighted by Crippen LogP contribution is 2.45. The van der Waals surface area contributed by atoms with Gasteiger partial charge in [-0.15, -0.1) is 0 Å². The predicted octanol–water partition coefficient (Wildman–Crippen LogP) is 23.0. The summed E-state index contributed by atoms with van der Waals surface area (Å²) < 4.78 is 68.5. The topological polar surface area (TPSA) is 237 Å². The summed E-state index contributed by atoms with van der Waals surface area (Å²) in [4.78, 5) is 72.9. The Morgan fingerprint density at radius 1 is 0.290 bits per heavy atom. The second-order valence-electron chi connectivity index (χ2n) is 26.6. The molecule has 17 nitrogen and oxygen atoms in total.